The lowest BCUT2D eigenvalue weighted by Gasteiger charge is -2.39. The maximum absolute atomic E-state index is 5.93. The number of hydrogen-bond donors (Lipinski definition) is 1. The predicted molar refractivity (Wildman–Crippen MR) is 85.8 cm³/mol. The summed E-state index contributed by atoms with van der Waals surface area (Å²) in [6, 6.07) is 8.40. The predicted octanol–water partition coefficient (Wildman–Crippen LogP) is 3.00. The molecule has 1 aromatic rings. The second kappa shape index (κ2) is 5.62. The lowest BCUT2D eigenvalue weighted by atomic mass is 10.0. The van der Waals surface area contributed by atoms with E-state index in [1.165, 1.54) is 48.9 Å². The van der Waals surface area contributed by atoms with Gasteiger partial charge < -0.3 is 15.0 Å². The first-order valence-electron chi connectivity index (χ1n) is 8.52. The number of nitrogens with zero attached hydrogens (tertiary/aromatic N) is 1. The second-order valence-electron chi connectivity index (χ2n) is 6.87. The van der Waals surface area contributed by atoms with E-state index in [1.807, 2.05) is 0 Å². The van der Waals surface area contributed by atoms with Gasteiger partial charge >= 0.3 is 0 Å². The van der Waals surface area contributed by atoms with Crippen molar-refractivity contribution in [3.8, 4) is 0 Å². The van der Waals surface area contributed by atoms with Gasteiger partial charge in [0.05, 0.1) is 18.8 Å². The van der Waals surface area contributed by atoms with Crippen LogP contribution in [0.5, 0.6) is 0 Å². The van der Waals surface area contributed by atoms with Crippen LogP contribution >= 0.6 is 0 Å². The number of aryl methyl sites for hydroxylation is 1. The van der Waals surface area contributed by atoms with Crippen LogP contribution in [0.3, 0.4) is 0 Å². The van der Waals surface area contributed by atoms with Gasteiger partial charge in [-0.3, -0.25) is 0 Å². The van der Waals surface area contributed by atoms with Crippen LogP contribution in [0.1, 0.15) is 43.2 Å². The van der Waals surface area contributed by atoms with Crippen LogP contribution in [0.2, 0.25) is 0 Å². The van der Waals surface area contributed by atoms with Gasteiger partial charge in [0.2, 0.25) is 0 Å². The van der Waals surface area contributed by atoms with Crippen molar-refractivity contribution in [3.63, 3.8) is 0 Å². The molecule has 0 radical (unpaired) electrons. The summed E-state index contributed by atoms with van der Waals surface area (Å²) >= 11 is 0. The van der Waals surface area contributed by atoms with E-state index in [4.69, 9.17) is 4.74 Å². The quantitative estimate of drug-likeness (QED) is 0.921. The van der Waals surface area contributed by atoms with Gasteiger partial charge in [0.1, 0.15) is 0 Å². The fourth-order valence-corrected chi connectivity index (χ4v) is 3.85. The number of morpholine rings is 1. The normalized spacial score (nSPS) is 28.7. The number of ether oxygens (including phenoxy) is 1. The highest BCUT2D eigenvalue weighted by molar-refractivity contribution is 5.52. The van der Waals surface area contributed by atoms with Crippen molar-refractivity contribution < 1.29 is 4.74 Å². The monoisotopic (exact) mass is 286 g/mol. The number of benzene rings is 1. The number of nitrogens with one attached hydrogen (secondary N) is 1. The van der Waals surface area contributed by atoms with Gasteiger partial charge in [0.15, 0.2) is 0 Å². The molecule has 3 aliphatic rings. The summed E-state index contributed by atoms with van der Waals surface area (Å²) in [5.41, 5.74) is 4.26. The zero-order valence-electron chi connectivity index (χ0n) is 13.0. The molecule has 1 heterocycles. The maximum atomic E-state index is 5.93. The highest BCUT2D eigenvalue weighted by atomic mass is 16.5. The van der Waals surface area contributed by atoms with Gasteiger partial charge in [0.25, 0.3) is 0 Å². The lowest BCUT2D eigenvalue weighted by molar-refractivity contribution is 0.0256. The van der Waals surface area contributed by atoms with Crippen molar-refractivity contribution in [2.45, 2.75) is 63.8 Å². The SMILES string of the molecule is Cc1cc(N2CCOC3CCCC32)ccc1CNC1CC1. The largest absolute Gasteiger partial charge is 0.374 e. The van der Waals surface area contributed by atoms with Gasteiger partial charge in [0, 0.05) is 24.8 Å². The molecule has 2 aliphatic carbocycles. The molecule has 114 valence electrons. The summed E-state index contributed by atoms with van der Waals surface area (Å²) in [6.07, 6.45) is 7.02. The van der Waals surface area contributed by atoms with Crippen molar-refractivity contribution >= 4 is 5.69 Å². The molecular weight excluding hydrogens is 260 g/mol. The average Bonchev–Trinajstić information content (AvgIpc) is 3.20. The molecule has 1 aromatic carbocycles. The van der Waals surface area contributed by atoms with E-state index in [0.29, 0.717) is 12.1 Å². The standard InChI is InChI=1S/C18H26N2O/c1-13-11-16(8-5-14(13)12-19-15-6-7-15)20-9-10-21-18-4-2-3-17(18)20/h5,8,11,15,17-19H,2-4,6-7,9-10,12H2,1H3. The Morgan fingerprint density at radius 3 is 2.95 bits per heavy atom. The first-order chi connectivity index (χ1) is 10.3. The third-order valence-electron chi connectivity index (χ3n) is 5.30. The van der Waals surface area contributed by atoms with E-state index in [9.17, 15) is 0 Å². The highest BCUT2D eigenvalue weighted by Gasteiger charge is 2.36. The minimum absolute atomic E-state index is 0.468. The molecule has 3 nitrogen and oxygen atoms in total. The number of rotatable bonds is 4. The van der Waals surface area contributed by atoms with Crippen LogP contribution in [-0.2, 0) is 11.3 Å². The van der Waals surface area contributed by atoms with Crippen molar-refractivity contribution in [2.75, 3.05) is 18.1 Å². The Balaban J connectivity index is 1.50. The Hall–Kier alpha value is -1.06. The Morgan fingerprint density at radius 2 is 2.14 bits per heavy atom. The topological polar surface area (TPSA) is 24.5 Å². The molecule has 1 aliphatic heterocycles. The Bertz CT molecular complexity index is 512. The Morgan fingerprint density at radius 1 is 1.24 bits per heavy atom. The summed E-state index contributed by atoms with van der Waals surface area (Å²) in [6.45, 7) is 5.19. The number of anilines is 1. The van der Waals surface area contributed by atoms with Crippen LogP contribution in [0.4, 0.5) is 5.69 Å². The molecule has 0 spiro atoms. The summed E-state index contributed by atoms with van der Waals surface area (Å²) in [4.78, 5) is 2.59. The van der Waals surface area contributed by atoms with E-state index in [2.05, 4.69) is 35.3 Å². The van der Waals surface area contributed by atoms with Gasteiger partial charge in [-0.2, -0.15) is 0 Å². The van der Waals surface area contributed by atoms with Crippen LogP contribution < -0.4 is 10.2 Å². The molecule has 1 saturated heterocycles. The average molecular weight is 286 g/mol. The van der Waals surface area contributed by atoms with E-state index in [1.54, 1.807) is 0 Å². The molecule has 3 fully saturated rings. The first-order valence-corrected chi connectivity index (χ1v) is 8.52. The number of fused-ring (bicyclic) bond motifs is 1. The molecular formula is C18H26N2O. The van der Waals surface area contributed by atoms with Crippen molar-refractivity contribution in [1.29, 1.82) is 0 Å². The molecule has 2 atom stereocenters. The van der Waals surface area contributed by atoms with E-state index in [-0.39, 0.29) is 0 Å². The van der Waals surface area contributed by atoms with Crippen molar-refractivity contribution in [1.82, 2.24) is 5.32 Å². The Labute approximate surface area is 127 Å². The van der Waals surface area contributed by atoms with E-state index >= 15 is 0 Å². The van der Waals surface area contributed by atoms with Gasteiger partial charge in [-0.25, -0.2) is 0 Å². The van der Waals surface area contributed by atoms with Gasteiger partial charge in [-0.05, 0) is 62.3 Å². The van der Waals surface area contributed by atoms with Gasteiger partial charge in [-0.15, -0.1) is 0 Å². The minimum atomic E-state index is 0.468. The fraction of sp³-hybridized carbons (Fsp3) is 0.667. The van der Waals surface area contributed by atoms with Crippen LogP contribution in [0.15, 0.2) is 18.2 Å². The zero-order chi connectivity index (χ0) is 14.2. The smallest absolute Gasteiger partial charge is 0.0779 e. The zero-order valence-corrected chi connectivity index (χ0v) is 13.0. The summed E-state index contributed by atoms with van der Waals surface area (Å²) in [7, 11) is 0. The number of hydrogen-bond acceptors (Lipinski definition) is 3. The third-order valence-corrected chi connectivity index (χ3v) is 5.30. The molecule has 1 N–H and O–H groups in total. The summed E-state index contributed by atoms with van der Waals surface area (Å²) < 4.78 is 5.93. The van der Waals surface area contributed by atoms with E-state index in [0.717, 1.165) is 25.7 Å². The first kappa shape index (κ1) is 13.6. The lowest BCUT2D eigenvalue weighted by Crippen LogP contribution is -2.48. The van der Waals surface area contributed by atoms with Crippen LogP contribution in [0, 0.1) is 6.92 Å². The molecule has 0 aromatic heterocycles. The summed E-state index contributed by atoms with van der Waals surface area (Å²) in [5, 5.41) is 3.62. The van der Waals surface area contributed by atoms with Crippen molar-refractivity contribution in [2.24, 2.45) is 0 Å². The molecule has 3 heteroatoms. The highest BCUT2D eigenvalue weighted by Crippen LogP contribution is 2.33. The Kier molecular flexibility index (Phi) is 3.64. The van der Waals surface area contributed by atoms with Gasteiger partial charge in [-0.1, -0.05) is 6.07 Å². The molecule has 4 rings (SSSR count). The van der Waals surface area contributed by atoms with Crippen LogP contribution in [-0.4, -0.2) is 31.3 Å². The molecule has 2 saturated carbocycles. The van der Waals surface area contributed by atoms with Crippen molar-refractivity contribution in [3.05, 3.63) is 29.3 Å². The minimum Gasteiger partial charge on any atom is -0.374 e. The third kappa shape index (κ3) is 2.82. The second-order valence-corrected chi connectivity index (χ2v) is 6.87. The van der Waals surface area contributed by atoms with E-state index < -0.39 is 0 Å². The fourth-order valence-electron chi connectivity index (χ4n) is 3.85. The molecule has 21 heavy (non-hydrogen) atoms. The van der Waals surface area contributed by atoms with Crippen LogP contribution in [0.25, 0.3) is 0 Å². The maximum Gasteiger partial charge on any atom is 0.0779 e. The molecule has 2 unspecified atom stereocenters. The molecule has 0 bridgehead atoms. The summed E-state index contributed by atoms with van der Waals surface area (Å²) in [5.74, 6) is 0. The molecule has 0 amide bonds.